The average molecular weight is 408 g/mol. The number of hydrogen-bond acceptors (Lipinski definition) is 8. The van der Waals surface area contributed by atoms with Crippen molar-refractivity contribution >= 4 is 45.8 Å². The summed E-state index contributed by atoms with van der Waals surface area (Å²) < 4.78 is 15.3. The number of aromatic nitrogens is 5. The van der Waals surface area contributed by atoms with Crippen LogP contribution in [0.1, 0.15) is 16.1 Å². The minimum absolute atomic E-state index is 0.251. The first-order chi connectivity index (χ1) is 13.7. The van der Waals surface area contributed by atoms with Crippen LogP contribution in [0.15, 0.2) is 52.5 Å². The van der Waals surface area contributed by atoms with E-state index in [-0.39, 0.29) is 5.91 Å². The van der Waals surface area contributed by atoms with E-state index in [0.29, 0.717) is 27.8 Å². The average Bonchev–Trinajstić information content (AvgIpc) is 3.47. The molecule has 0 aliphatic heterocycles. The fourth-order valence-corrected chi connectivity index (χ4v) is 4.04. The lowest BCUT2D eigenvalue weighted by Crippen LogP contribution is -2.15. The zero-order chi connectivity index (χ0) is 19.1. The Labute approximate surface area is 166 Å². The number of anilines is 1. The van der Waals surface area contributed by atoms with Crippen molar-refractivity contribution in [3.8, 4) is 16.6 Å². The number of aryl methyl sites for hydroxylation is 1. The summed E-state index contributed by atoms with van der Waals surface area (Å²) >= 11 is 2.54. The molecule has 0 saturated carbocycles. The molecule has 28 heavy (non-hydrogen) atoms. The Balaban J connectivity index is 1.45. The summed E-state index contributed by atoms with van der Waals surface area (Å²) in [6.07, 6.45) is 1.60. The predicted octanol–water partition coefficient (Wildman–Crippen LogP) is 4.15. The number of rotatable bonds is 4. The molecule has 1 aromatic carbocycles. The van der Waals surface area contributed by atoms with Gasteiger partial charge in [-0.15, -0.1) is 11.3 Å². The van der Waals surface area contributed by atoms with Gasteiger partial charge in [0.2, 0.25) is 5.13 Å². The number of amides is 1. The SMILES string of the molecule is Cc1cc(NC(=O)c2ccc3nsnc3c2)n(-c2nc(-c3ccco3)cs2)n1. The smallest absolute Gasteiger partial charge is 0.256 e. The largest absolute Gasteiger partial charge is 0.463 e. The second-order valence-electron chi connectivity index (χ2n) is 6.00. The number of furan rings is 1. The highest BCUT2D eigenvalue weighted by Gasteiger charge is 2.16. The van der Waals surface area contributed by atoms with Crippen LogP contribution < -0.4 is 5.32 Å². The van der Waals surface area contributed by atoms with E-state index >= 15 is 0 Å². The highest BCUT2D eigenvalue weighted by atomic mass is 32.1. The molecule has 0 spiro atoms. The first-order valence-electron chi connectivity index (χ1n) is 8.27. The van der Waals surface area contributed by atoms with Crippen molar-refractivity contribution in [2.24, 2.45) is 0 Å². The molecule has 4 heterocycles. The number of fused-ring (bicyclic) bond motifs is 1. The summed E-state index contributed by atoms with van der Waals surface area (Å²) in [6, 6.07) is 10.7. The van der Waals surface area contributed by atoms with E-state index in [1.165, 1.54) is 11.3 Å². The molecule has 0 aliphatic rings. The topological polar surface area (TPSA) is 98.7 Å². The monoisotopic (exact) mass is 408 g/mol. The number of thiazole rings is 1. The minimum atomic E-state index is -0.251. The van der Waals surface area contributed by atoms with Gasteiger partial charge in [0.15, 0.2) is 5.76 Å². The molecule has 4 aromatic heterocycles. The van der Waals surface area contributed by atoms with Crippen molar-refractivity contribution in [1.29, 1.82) is 0 Å². The number of benzene rings is 1. The van der Waals surface area contributed by atoms with Crippen LogP contribution in [-0.2, 0) is 0 Å². The van der Waals surface area contributed by atoms with Gasteiger partial charge in [-0.2, -0.15) is 18.5 Å². The van der Waals surface area contributed by atoms with E-state index < -0.39 is 0 Å². The standard InChI is InChI=1S/C18H12N6O2S2/c1-10-7-16(20-17(25)11-4-5-12-13(8-11)23-28-22-12)24(21-10)18-19-14(9-27-18)15-3-2-6-26-15/h2-9H,1H3,(H,20,25). The van der Waals surface area contributed by atoms with E-state index in [4.69, 9.17) is 4.42 Å². The summed E-state index contributed by atoms with van der Waals surface area (Å²) in [6.45, 7) is 1.86. The lowest BCUT2D eigenvalue weighted by atomic mass is 10.2. The molecule has 8 nitrogen and oxygen atoms in total. The number of carbonyl (C=O) groups excluding carboxylic acids is 1. The molecular weight excluding hydrogens is 396 g/mol. The van der Waals surface area contributed by atoms with Gasteiger partial charge >= 0.3 is 0 Å². The molecule has 0 radical (unpaired) electrons. The van der Waals surface area contributed by atoms with E-state index in [0.717, 1.165) is 28.6 Å². The second kappa shape index (κ2) is 6.66. The van der Waals surface area contributed by atoms with Crippen LogP contribution in [-0.4, -0.2) is 29.4 Å². The quantitative estimate of drug-likeness (QED) is 0.479. The maximum absolute atomic E-state index is 12.7. The summed E-state index contributed by atoms with van der Waals surface area (Å²) in [4.78, 5) is 17.3. The first-order valence-corrected chi connectivity index (χ1v) is 9.88. The third-order valence-electron chi connectivity index (χ3n) is 4.04. The first kappa shape index (κ1) is 16.8. The van der Waals surface area contributed by atoms with Crippen LogP contribution in [0.5, 0.6) is 0 Å². The van der Waals surface area contributed by atoms with E-state index in [2.05, 4.69) is 24.1 Å². The third kappa shape index (κ3) is 2.98. The van der Waals surface area contributed by atoms with Gasteiger partial charge in [-0.1, -0.05) is 0 Å². The van der Waals surface area contributed by atoms with Crippen LogP contribution in [0.4, 0.5) is 5.82 Å². The van der Waals surface area contributed by atoms with Crippen LogP contribution in [0.25, 0.3) is 27.6 Å². The van der Waals surface area contributed by atoms with Gasteiger partial charge < -0.3 is 9.73 Å². The zero-order valence-electron chi connectivity index (χ0n) is 14.5. The predicted molar refractivity (Wildman–Crippen MR) is 107 cm³/mol. The molecule has 1 N–H and O–H groups in total. The second-order valence-corrected chi connectivity index (χ2v) is 7.36. The summed E-state index contributed by atoms with van der Waals surface area (Å²) in [5.41, 5.74) is 3.46. The Morgan fingerprint density at radius 3 is 2.93 bits per heavy atom. The van der Waals surface area contributed by atoms with E-state index in [1.54, 1.807) is 35.2 Å². The number of nitrogens with one attached hydrogen (secondary N) is 1. The van der Waals surface area contributed by atoms with E-state index in [9.17, 15) is 4.79 Å². The number of hydrogen-bond donors (Lipinski definition) is 1. The molecule has 1 amide bonds. The van der Waals surface area contributed by atoms with Crippen molar-refractivity contribution < 1.29 is 9.21 Å². The molecule has 138 valence electrons. The number of nitrogens with zero attached hydrogens (tertiary/aromatic N) is 5. The normalized spacial score (nSPS) is 11.2. The molecule has 5 rings (SSSR count). The maximum Gasteiger partial charge on any atom is 0.256 e. The number of carbonyl (C=O) groups is 1. The lowest BCUT2D eigenvalue weighted by Gasteiger charge is -2.06. The van der Waals surface area contributed by atoms with Crippen molar-refractivity contribution in [1.82, 2.24) is 23.5 Å². The Morgan fingerprint density at radius 2 is 2.07 bits per heavy atom. The molecule has 0 aliphatic carbocycles. The molecule has 0 saturated heterocycles. The Kier molecular flexibility index (Phi) is 3.99. The lowest BCUT2D eigenvalue weighted by molar-refractivity contribution is 0.102. The van der Waals surface area contributed by atoms with Gasteiger partial charge in [0.25, 0.3) is 5.91 Å². The Hall–Kier alpha value is -3.37. The van der Waals surface area contributed by atoms with Crippen LogP contribution >= 0.6 is 23.1 Å². The molecule has 5 aromatic rings. The maximum atomic E-state index is 12.7. The van der Waals surface area contributed by atoms with Crippen molar-refractivity contribution in [3.63, 3.8) is 0 Å². The molecule has 10 heteroatoms. The minimum Gasteiger partial charge on any atom is -0.463 e. The van der Waals surface area contributed by atoms with Crippen LogP contribution in [0.2, 0.25) is 0 Å². The molecule has 0 bridgehead atoms. The van der Waals surface area contributed by atoms with Crippen LogP contribution in [0.3, 0.4) is 0 Å². The van der Waals surface area contributed by atoms with Gasteiger partial charge in [-0.25, -0.2) is 4.98 Å². The fourth-order valence-electron chi connectivity index (χ4n) is 2.75. The molecule has 0 unspecified atom stereocenters. The summed E-state index contributed by atoms with van der Waals surface area (Å²) in [5, 5.41) is 9.89. The highest BCUT2D eigenvalue weighted by molar-refractivity contribution is 7.12. The zero-order valence-corrected chi connectivity index (χ0v) is 16.1. The van der Waals surface area contributed by atoms with Gasteiger partial charge in [0, 0.05) is 17.0 Å². The van der Waals surface area contributed by atoms with Gasteiger partial charge in [-0.05, 0) is 37.3 Å². The van der Waals surface area contributed by atoms with Gasteiger partial charge in [0.1, 0.15) is 22.5 Å². The highest BCUT2D eigenvalue weighted by Crippen LogP contribution is 2.27. The van der Waals surface area contributed by atoms with Crippen LogP contribution in [0, 0.1) is 6.92 Å². The Bertz CT molecular complexity index is 1280. The van der Waals surface area contributed by atoms with Gasteiger partial charge in [-0.3, -0.25) is 4.79 Å². The third-order valence-corrected chi connectivity index (χ3v) is 5.41. The molecule has 0 fully saturated rings. The van der Waals surface area contributed by atoms with E-state index in [1.807, 2.05) is 24.4 Å². The molecular formula is C18H12N6O2S2. The fraction of sp³-hybridized carbons (Fsp3) is 0.0556. The van der Waals surface area contributed by atoms with Crippen molar-refractivity contribution in [2.75, 3.05) is 5.32 Å². The Morgan fingerprint density at radius 1 is 1.18 bits per heavy atom. The summed E-state index contributed by atoms with van der Waals surface area (Å²) in [5.74, 6) is 0.973. The van der Waals surface area contributed by atoms with Crippen molar-refractivity contribution in [2.45, 2.75) is 6.92 Å². The molecule has 0 atom stereocenters. The van der Waals surface area contributed by atoms with Gasteiger partial charge in [0.05, 0.1) is 23.7 Å². The van der Waals surface area contributed by atoms with Crippen molar-refractivity contribution in [3.05, 3.63) is 59.3 Å². The summed E-state index contributed by atoms with van der Waals surface area (Å²) in [7, 11) is 0.